The number of hydrogen-bond donors (Lipinski definition) is 2. The van der Waals surface area contributed by atoms with E-state index in [-0.39, 0.29) is 30.3 Å². The SMILES string of the molecule is CC(CCc1ccccc1)NC(=O)CNC(=O)c1ccc(N2CCCC2=O)cc1. The zero-order valence-corrected chi connectivity index (χ0v) is 16.7. The van der Waals surface area contributed by atoms with Crippen molar-refractivity contribution in [3.8, 4) is 0 Å². The first-order valence-corrected chi connectivity index (χ1v) is 10.0. The number of rotatable bonds is 8. The van der Waals surface area contributed by atoms with Crippen molar-refractivity contribution < 1.29 is 14.4 Å². The fraction of sp³-hybridized carbons (Fsp3) is 0.348. The molecule has 0 bridgehead atoms. The van der Waals surface area contributed by atoms with Gasteiger partial charge in [-0.2, -0.15) is 0 Å². The van der Waals surface area contributed by atoms with Crippen LogP contribution >= 0.6 is 0 Å². The molecule has 1 atom stereocenters. The van der Waals surface area contributed by atoms with E-state index < -0.39 is 0 Å². The Morgan fingerprint density at radius 2 is 1.79 bits per heavy atom. The number of nitrogens with one attached hydrogen (secondary N) is 2. The summed E-state index contributed by atoms with van der Waals surface area (Å²) in [4.78, 5) is 37.9. The third kappa shape index (κ3) is 5.91. The van der Waals surface area contributed by atoms with Crippen LogP contribution in [0.15, 0.2) is 54.6 Å². The number of anilines is 1. The molecule has 1 saturated heterocycles. The maximum Gasteiger partial charge on any atom is 0.251 e. The summed E-state index contributed by atoms with van der Waals surface area (Å²) in [6.07, 6.45) is 3.15. The highest BCUT2D eigenvalue weighted by Gasteiger charge is 2.21. The van der Waals surface area contributed by atoms with Gasteiger partial charge in [-0.3, -0.25) is 14.4 Å². The standard InChI is InChI=1S/C23H27N3O3/c1-17(9-10-18-6-3-2-4-7-18)25-21(27)16-24-23(29)19-11-13-20(14-12-19)26-15-5-8-22(26)28/h2-4,6-7,11-14,17H,5,8-10,15-16H2,1H3,(H,24,29)(H,25,27). The van der Waals surface area contributed by atoms with E-state index in [4.69, 9.17) is 0 Å². The van der Waals surface area contributed by atoms with Crippen molar-refractivity contribution >= 4 is 23.4 Å². The van der Waals surface area contributed by atoms with E-state index in [9.17, 15) is 14.4 Å². The summed E-state index contributed by atoms with van der Waals surface area (Å²) < 4.78 is 0. The Kier molecular flexibility index (Phi) is 7.00. The highest BCUT2D eigenvalue weighted by Crippen LogP contribution is 2.21. The van der Waals surface area contributed by atoms with Crippen molar-refractivity contribution in [3.05, 3.63) is 65.7 Å². The van der Waals surface area contributed by atoms with Gasteiger partial charge in [0.1, 0.15) is 0 Å². The molecule has 2 N–H and O–H groups in total. The van der Waals surface area contributed by atoms with E-state index in [0.717, 1.165) is 24.9 Å². The van der Waals surface area contributed by atoms with Gasteiger partial charge in [-0.05, 0) is 56.0 Å². The maximum atomic E-state index is 12.3. The lowest BCUT2D eigenvalue weighted by Crippen LogP contribution is -2.41. The van der Waals surface area contributed by atoms with Crippen molar-refractivity contribution in [2.45, 2.75) is 38.6 Å². The lowest BCUT2D eigenvalue weighted by Gasteiger charge is -2.16. The Balaban J connectivity index is 1.41. The molecular formula is C23H27N3O3. The van der Waals surface area contributed by atoms with Crippen molar-refractivity contribution in [3.63, 3.8) is 0 Å². The number of hydrogen-bond acceptors (Lipinski definition) is 3. The summed E-state index contributed by atoms with van der Waals surface area (Å²) in [6, 6.07) is 17.0. The first-order chi connectivity index (χ1) is 14.0. The van der Waals surface area contributed by atoms with E-state index >= 15 is 0 Å². The maximum absolute atomic E-state index is 12.3. The molecule has 29 heavy (non-hydrogen) atoms. The fourth-order valence-electron chi connectivity index (χ4n) is 3.40. The first kappa shape index (κ1) is 20.6. The van der Waals surface area contributed by atoms with Gasteiger partial charge < -0.3 is 15.5 Å². The quantitative estimate of drug-likeness (QED) is 0.724. The van der Waals surface area contributed by atoms with Crippen molar-refractivity contribution in [2.75, 3.05) is 18.0 Å². The van der Waals surface area contributed by atoms with Gasteiger partial charge in [-0.1, -0.05) is 30.3 Å². The van der Waals surface area contributed by atoms with Crippen LogP contribution in [0.2, 0.25) is 0 Å². The molecular weight excluding hydrogens is 366 g/mol. The van der Waals surface area contributed by atoms with Crippen LogP contribution in [0.4, 0.5) is 5.69 Å². The van der Waals surface area contributed by atoms with Crippen LogP contribution in [-0.2, 0) is 16.0 Å². The van der Waals surface area contributed by atoms with Gasteiger partial charge >= 0.3 is 0 Å². The Hall–Kier alpha value is -3.15. The van der Waals surface area contributed by atoms with Gasteiger partial charge in [-0.15, -0.1) is 0 Å². The van der Waals surface area contributed by atoms with Crippen molar-refractivity contribution in [2.24, 2.45) is 0 Å². The topological polar surface area (TPSA) is 78.5 Å². The Labute approximate surface area is 171 Å². The average molecular weight is 393 g/mol. The van der Waals surface area contributed by atoms with Crippen LogP contribution in [0.5, 0.6) is 0 Å². The molecule has 1 unspecified atom stereocenters. The molecule has 0 aromatic heterocycles. The molecule has 0 saturated carbocycles. The zero-order chi connectivity index (χ0) is 20.6. The Morgan fingerprint density at radius 1 is 1.07 bits per heavy atom. The summed E-state index contributed by atoms with van der Waals surface area (Å²) >= 11 is 0. The number of carbonyl (C=O) groups is 3. The molecule has 1 aliphatic rings. The Morgan fingerprint density at radius 3 is 2.45 bits per heavy atom. The van der Waals surface area contributed by atoms with Gasteiger partial charge in [0.05, 0.1) is 6.54 Å². The third-order valence-electron chi connectivity index (χ3n) is 5.04. The Bertz CT molecular complexity index is 849. The summed E-state index contributed by atoms with van der Waals surface area (Å²) in [5.74, 6) is -0.408. The summed E-state index contributed by atoms with van der Waals surface area (Å²) in [7, 11) is 0. The number of amides is 3. The van der Waals surface area contributed by atoms with Crippen LogP contribution in [0.25, 0.3) is 0 Å². The minimum atomic E-state index is -0.309. The minimum absolute atomic E-state index is 0.0249. The lowest BCUT2D eigenvalue weighted by atomic mass is 10.1. The molecule has 1 heterocycles. The molecule has 3 rings (SSSR count). The van der Waals surface area contributed by atoms with Crippen LogP contribution < -0.4 is 15.5 Å². The molecule has 152 valence electrons. The van der Waals surface area contributed by atoms with E-state index in [2.05, 4.69) is 22.8 Å². The third-order valence-corrected chi connectivity index (χ3v) is 5.04. The fourth-order valence-corrected chi connectivity index (χ4v) is 3.40. The van der Waals surface area contributed by atoms with Gasteiger partial charge in [0.15, 0.2) is 0 Å². The second kappa shape index (κ2) is 9.87. The molecule has 1 aliphatic heterocycles. The predicted molar refractivity (Wildman–Crippen MR) is 113 cm³/mol. The highest BCUT2D eigenvalue weighted by molar-refractivity contribution is 5.98. The van der Waals surface area contributed by atoms with Crippen LogP contribution in [-0.4, -0.2) is 36.9 Å². The minimum Gasteiger partial charge on any atom is -0.352 e. The second-order valence-electron chi connectivity index (χ2n) is 7.37. The molecule has 2 aromatic rings. The van der Waals surface area contributed by atoms with Gasteiger partial charge in [0.2, 0.25) is 11.8 Å². The number of nitrogens with zero attached hydrogens (tertiary/aromatic N) is 1. The van der Waals surface area contributed by atoms with Crippen molar-refractivity contribution in [1.82, 2.24) is 10.6 Å². The normalized spacial score (nSPS) is 14.5. The largest absolute Gasteiger partial charge is 0.352 e. The summed E-state index contributed by atoms with van der Waals surface area (Å²) in [5, 5.41) is 5.55. The van der Waals surface area contributed by atoms with E-state index in [0.29, 0.717) is 18.5 Å². The smallest absolute Gasteiger partial charge is 0.251 e. The van der Waals surface area contributed by atoms with Crippen LogP contribution in [0.1, 0.15) is 42.1 Å². The molecule has 0 aliphatic carbocycles. The number of aryl methyl sites for hydroxylation is 1. The molecule has 1 fully saturated rings. The molecule has 0 radical (unpaired) electrons. The zero-order valence-electron chi connectivity index (χ0n) is 16.7. The van der Waals surface area contributed by atoms with Gasteiger partial charge in [0, 0.05) is 30.3 Å². The predicted octanol–water partition coefficient (Wildman–Crippen LogP) is 2.68. The summed E-state index contributed by atoms with van der Waals surface area (Å²) in [6.45, 7) is 2.61. The second-order valence-corrected chi connectivity index (χ2v) is 7.37. The average Bonchev–Trinajstić information content (AvgIpc) is 3.17. The number of benzene rings is 2. The molecule has 6 heteroatoms. The van der Waals surface area contributed by atoms with Gasteiger partial charge in [0.25, 0.3) is 5.91 Å². The first-order valence-electron chi connectivity index (χ1n) is 10.0. The van der Waals surface area contributed by atoms with Crippen LogP contribution in [0, 0.1) is 0 Å². The highest BCUT2D eigenvalue weighted by atomic mass is 16.2. The number of carbonyl (C=O) groups excluding carboxylic acids is 3. The van der Waals surface area contributed by atoms with Gasteiger partial charge in [-0.25, -0.2) is 0 Å². The summed E-state index contributed by atoms with van der Waals surface area (Å²) in [5.41, 5.74) is 2.50. The van der Waals surface area contributed by atoms with E-state index in [1.807, 2.05) is 25.1 Å². The van der Waals surface area contributed by atoms with Crippen molar-refractivity contribution in [1.29, 1.82) is 0 Å². The lowest BCUT2D eigenvalue weighted by molar-refractivity contribution is -0.120. The molecule has 0 spiro atoms. The molecule has 3 amide bonds. The van der Waals surface area contributed by atoms with E-state index in [1.54, 1.807) is 29.2 Å². The monoisotopic (exact) mass is 393 g/mol. The van der Waals surface area contributed by atoms with E-state index in [1.165, 1.54) is 5.56 Å². The molecule has 6 nitrogen and oxygen atoms in total. The molecule has 2 aromatic carbocycles. The van der Waals surface area contributed by atoms with Crippen LogP contribution in [0.3, 0.4) is 0 Å².